The lowest BCUT2D eigenvalue weighted by Crippen LogP contribution is -2.09. The van der Waals surface area contributed by atoms with Crippen molar-refractivity contribution in [3.05, 3.63) is 78.9 Å². The molecule has 0 aromatic heterocycles. The van der Waals surface area contributed by atoms with E-state index in [1.807, 2.05) is 48.5 Å². The van der Waals surface area contributed by atoms with Gasteiger partial charge in [0.2, 0.25) is 0 Å². The zero-order valence-corrected chi connectivity index (χ0v) is 11.9. The van der Waals surface area contributed by atoms with Gasteiger partial charge in [-0.3, -0.25) is 10.3 Å². The molecule has 0 atom stereocenters. The molecule has 0 radical (unpaired) electrons. The molecule has 2 heteroatoms. The Morgan fingerprint density at radius 3 is 1.43 bits per heavy atom. The second kappa shape index (κ2) is 5.81. The van der Waals surface area contributed by atoms with Crippen LogP contribution in [-0.2, 0) is 0 Å². The molecule has 0 aliphatic carbocycles. The highest BCUT2D eigenvalue weighted by Gasteiger charge is 2.07. The molecule has 1 N–H and O–H groups in total. The van der Waals surface area contributed by atoms with Gasteiger partial charge in [0, 0.05) is 7.05 Å². The molecule has 0 aliphatic heterocycles. The Morgan fingerprint density at radius 1 is 0.619 bits per heavy atom. The minimum Gasteiger partial charge on any atom is -0.289 e. The van der Waals surface area contributed by atoms with Crippen LogP contribution in [0, 0.1) is 0 Å². The van der Waals surface area contributed by atoms with Gasteiger partial charge in [-0.05, 0) is 40.5 Å². The Balaban J connectivity index is 2.16. The summed E-state index contributed by atoms with van der Waals surface area (Å²) in [5.41, 5.74) is 5.23. The van der Waals surface area contributed by atoms with Crippen molar-refractivity contribution < 1.29 is 5.21 Å². The third-order valence-corrected chi connectivity index (χ3v) is 3.51. The monoisotopic (exact) mass is 275 g/mol. The molecular weight excluding hydrogens is 258 g/mol. The van der Waals surface area contributed by atoms with Gasteiger partial charge in [-0.1, -0.05) is 60.7 Å². The van der Waals surface area contributed by atoms with E-state index in [4.69, 9.17) is 0 Å². The van der Waals surface area contributed by atoms with Gasteiger partial charge in [0.05, 0.1) is 5.69 Å². The van der Waals surface area contributed by atoms with Crippen LogP contribution in [-0.4, -0.2) is 12.3 Å². The fourth-order valence-electron chi connectivity index (χ4n) is 2.39. The summed E-state index contributed by atoms with van der Waals surface area (Å²) < 4.78 is 0. The highest BCUT2D eigenvalue weighted by atomic mass is 16.5. The van der Waals surface area contributed by atoms with E-state index in [-0.39, 0.29) is 0 Å². The van der Waals surface area contributed by atoms with Gasteiger partial charge in [-0.15, -0.1) is 0 Å². The van der Waals surface area contributed by atoms with Crippen molar-refractivity contribution in [3.63, 3.8) is 0 Å². The lowest BCUT2D eigenvalue weighted by molar-refractivity contribution is 0.279. The number of hydrogen-bond acceptors (Lipinski definition) is 2. The summed E-state index contributed by atoms with van der Waals surface area (Å²) in [5.74, 6) is 0. The molecule has 0 heterocycles. The third-order valence-electron chi connectivity index (χ3n) is 3.51. The van der Waals surface area contributed by atoms with Gasteiger partial charge in [-0.25, -0.2) is 0 Å². The summed E-state index contributed by atoms with van der Waals surface area (Å²) in [6.07, 6.45) is 0. The largest absolute Gasteiger partial charge is 0.289 e. The maximum atomic E-state index is 9.80. The quantitative estimate of drug-likeness (QED) is 0.691. The molecule has 21 heavy (non-hydrogen) atoms. The molecule has 3 aromatic rings. The Bertz CT molecular complexity index is 663. The minimum absolute atomic E-state index is 0.773. The first kappa shape index (κ1) is 13.4. The molecule has 0 fully saturated rings. The van der Waals surface area contributed by atoms with Crippen LogP contribution in [0.15, 0.2) is 78.9 Å². The smallest absolute Gasteiger partial charge is 0.0643 e. The van der Waals surface area contributed by atoms with Gasteiger partial charge >= 0.3 is 0 Å². The fourth-order valence-corrected chi connectivity index (χ4v) is 2.39. The van der Waals surface area contributed by atoms with Crippen molar-refractivity contribution in [2.45, 2.75) is 0 Å². The number of hydroxylamine groups is 1. The molecule has 0 bridgehead atoms. The summed E-state index contributed by atoms with van der Waals surface area (Å²) in [5, 5.41) is 11.0. The van der Waals surface area contributed by atoms with E-state index in [0.29, 0.717) is 0 Å². The summed E-state index contributed by atoms with van der Waals surface area (Å²) in [7, 11) is 1.64. The summed E-state index contributed by atoms with van der Waals surface area (Å²) in [6, 6.07) is 26.5. The average Bonchev–Trinajstić information content (AvgIpc) is 2.56. The Hall–Kier alpha value is -2.58. The zero-order valence-electron chi connectivity index (χ0n) is 11.9. The van der Waals surface area contributed by atoms with Crippen LogP contribution in [0.25, 0.3) is 22.3 Å². The van der Waals surface area contributed by atoms with E-state index in [1.54, 1.807) is 7.05 Å². The van der Waals surface area contributed by atoms with Crippen LogP contribution in [0.1, 0.15) is 0 Å². The van der Waals surface area contributed by atoms with Crippen LogP contribution in [0.4, 0.5) is 5.69 Å². The van der Waals surface area contributed by atoms with Gasteiger partial charge in [-0.2, -0.15) is 0 Å². The molecule has 0 saturated carbocycles. The van der Waals surface area contributed by atoms with Crippen LogP contribution in [0.3, 0.4) is 0 Å². The van der Waals surface area contributed by atoms with E-state index in [2.05, 4.69) is 30.3 Å². The SMILES string of the molecule is CN(O)c1cc(-c2ccccc2)cc(-c2ccccc2)c1. The first-order valence-corrected chi connectivity index (χ1v) is 6.92. The molecule has 2 nitrogen and oxygen atoms in total. The number of rotatable bonds is 3. The van der Waals surface area contributed by atoms with Crippen LogP contribution < -0.4 is 5.06 Å². The van der Waals surface area contributed by atoms with E-state index in [9.17, 15) is 5.21 Å². The lowest BCUT2D eigenvalue weighted by atomic mass is 9.98. The second-order valence-corrected chi connectivity index (χ2v) is 5.02. The molecule has 3 aromatic carbocycles. The van der Waals surface area contributed by atoms with E-state index >= 15 is 0 Å². The Labute approximate surface area is 124 Å². The van der Waals surface area contributed by atoms with Crippen molar-refractivity contribution in [2.24, 2.45) is 0 Å². The molecule has 0 amide bonds. The molecule has 104 valence electrons. The summed E-state index contributed by atoms with van der Waals surface area (Å²) in [6.45, 7) is 0. The van der Waals surface area contributed by atoms with E-state index in [1.165, 1.54) is 0 Å². The second-order valence-electron chi connectivity index (χ2n) is 5.02. The van der Waals surface area contributed by atoms with Crippen LogP contribution in [0.2, 0.25) is 0 Å². The zero-order chi connectivity index (χ0) is 14.7. The highest BCUT2D eigenvalue weighted by molar-refractivity contribution is 5.78. The van der Waals surface area contributed by atoms with Gasteiger partial charge in [0.25, 0.3) is 0 Å². The molecule has 0 spiro atoms. The summed E-state index contributed by atoms with van der Waals surface area (Å²) in [4.78, 5) is 0. The van der Waals surface area contributed by atoms with E-state index < -0.39 is 0 Å². The fraction of sp³-hybridized carbons (Fsp3) is 0.0526. The van der Waals surface area contributed by atoms with Crippen molar-refractivity contribution >= 4 is 5.69 Å². The van der Waals surface area contributed by atoms with Crippen LogP contribution in [0.5, 0.6) is 0 Å². The standard InChI is InChI=1S/C19H17NO/c1-20(21)19-13-17(15-8-4-2-5-9-15)12-18(14-19)16-10-6-3-7-11-16/h2-14,21H,1H3. The number of hydrogen-bond donors (Lipinski definition) is 1. The number of nitrogens with zero attached hydrogens (tertiary/aromatic N) is 1. The van der Waals surface area contributed by atoms with E-state index in [0.717, 1.165) is 33.0 Å². The molecule has 0 saturated heterocycles. The molecule has 0 aliphatic rings. The maximum absolute atomic E-state index is 9.80. The normalized spacial score (nSPS) is 10.4. The van der Waals surface area contributed by atoms with Crippen molar-refractivity contribution in [1.29, 1.82) is 0 Å². The van der Waals surface area contributed by atoms with Gasteiger partial charge in [0.1, 0.15) is 0 Å². The minimum atomic E-state index is 0.773. The molecular formula is C19H17NO. The predicted octanol–water partition coefficient (Wildman–Crippen LogP) is 4.85. The summed E-state index contributed by atoms with van der Waals surface area (Å²) >= 11 is 0. The van der Waals surface area contributed by atoms with Crippen molar-refractivity contribution in [1.82, 2.24) is 0 Å². The average molecular weight is 275 g/mol. The predicted molar refractivity (Wildman–Crippen MR) is 87.5 cm³/mol. The topological polar surface area (TPSA) is 23.5 Å². The first-order chi connectivity index (χ1) is 10.2. The Kier molecular flexibility index (Phi) is 3.71. The Morgan fingerprint density at radius 2 is 1.05 bits per heavy atom. The molecule has 0 unspecified atom stereocenters. The van der Waals surface area contributed by atoms with Crippen molar-refractivity contribution in [3.8, 4) is 22.3 Å². The van der Waals surface area contributed by atoms with Gasteiger partial charge in [0.15, 0.2) is 0 Å². The first-order valence-electron chi connectivity index (χ1n) is 6.92. The maximum Gasteiger partial charge on any atom is 0.0643 e. The number of benzene rings is 3. The van der Waals surface area contributed by atoms with Crippen molar-refractivity contribution in [2.75, 3.05) is 12.1 Å². The lowest BCUT2D eigenvalue weighted by Gasteiger charge is -2.15. The van der Waals surface area contributed by atoms with Gasteiger partial charge < -0.3 is 0 Å². The number of anilines is 1. The highest BCUT2D eigenvalue weighted by Crippen LogP contribution is 2.31. The molecule has 3 rings (SSSR count). The third kappa shape index (κ3) is 2.96. The van der Waals surface area contributed by atoms with Crippen LogP contribution >= 0.6 is 0 Å².